The highest BCUT2D eigenvalue weighted by atomic mass is 19.1. The van der Waals surface area contributed by atoms with Gasteiger partial charge in [-0.3, -0.25) is 0 Å². The summed E-state index contributed by atoms with van der Waals surface area (Å²) in [6.45, 7) is 2.73. The van der Waals surface area contributed by atoms with Crippen LogP contribution in [-0.2, 0) is 20.2 Å². The van der Waals surface area contributed by atoms with Gasteiger partial charge in [-0.05, 0) is 32.2 Å². The van der Waals surface area contributed by atoms with Crippen LogP contribution in [0, 0.1) is 12.7 Å². The first-order valence-corrected chi connectivity index (χ1v) is 6.02. The van der Waals surface area contributed by atoms with Crippen LogP contribution in [0.15, 0.2) is 18.2 Å². The maximum absolute atomic E-state index is 13.2. The molecule has 0 aliphatic heterocycles. The van der Waals surface area contributed by atoms with Crippen molar-refractivity contribution in [3.05, 3.63) is 41.2 Å². The quantitative estimate of drug-likeness (QED) is 0.890. The minimum atomic E-state index is -0.271. The molecule has 0 unspecified atom stereocenters. The molecule has 1 N–H and O–H groups in total. The fourth-order valence-electron chi connectivity index (χ4n) is 1.74. The van der Waals surface area contributed by atoms with Crippen molar-refractivity contribution in [3.63, 3.8) is 0 Å². The number of rotatable bonds is 5. The van der Waals surface area contributed by atoms with Crippen LogP contribution in [0.4, 0.5) is 4.39 Å². The van der Waals surface area contributed by atoms with Crippen molar-refractivity contribution in [1.82, 2.24) is 20.1 Å². The molecule has 102 valence electrons. The molecule has 0 saturated heterocycles. The van der Waals surface area contributed by atoms with Gasteiger partial charge in [-0.2, -0.15) is 0 Å². The van der Waals surface area contributed by atoms with Crippen molar-refractivity contribution in [3.8, 4) is 5.75 Å². The van der Waals surface area contributed by atoms with Gasteiger partial charge < -0.3 is 14.6 Å². The normalized spacial score (nSPS) is 10.7. The minimum Gasteiger partial charge on any atom is -0.485 e. The number of hydrogen-bond donors (Lipinski definition) is 1. The number of aryl methyl sites for hydroxylation is 1. The third-order valence-corrected chi connectivity index (χ3v) is 2.93. The Kier molecular flexibility index (Phi) is 4.11. The lowest BCUT2D eigenvalue weighted by Crippen LogP contribution is -2.09. The summed E-state index contributed by atoms with van der Waals surface area (Å²) in [5.41, 5.74) is 0.779. The van der Waals surface area contributed by atoms with E-state index in [9.17, 15) is 4.39 Å². The van der Waals surface area contributed by atoms with Gasteiger partial charge in [0.05, 0.1) is 0 Å². The number of benzene rings is 1. The smallest absolute Gasteiger partial charge is 0.170 e. The molecule has 0 fully saturated rings. The van der Waals surface area contributed by atoms with E-state index in [1.165, 1.54) is 12.1 Å². The average molecular weight is 264 g/mol. The van der Waals surface area contributed by atoms with Gasteiger partial charge in [0.15, 0.2) is 5.82 Å². The number of nitrogens with zero attached hydrogens (tertiary/aromatic N) is 3. The summed E-state index contributed by atoms with van der Waals surface area (Å²) < 4.78 is 20.7. The summed E-state index contributed by atoms with van der Waals surface area (Å²) >= 11 is 0. The second-order valence-corrected chi connectivity index (χ2v) is 4.29. The van der Waals surface area contributed by atoms with Crippen LogP contribution >= 0.6 is 0 Å². The van der Waals surface area contributed by atoms with E-state index < -0.39 is 0 Å². The first-order chi connectivity index (χ1) is 9.11. The molecule has 1 aromatic heterocycles. The Balaban J connectivity index is 2.12. The van der Waals surface area contributed by atoms with Crippen molar-refractivity contribution in [2.24, 2.45) is 7.05 Å². The standard InChI is InChI=1S/C13H17FN4O/c1-9-16-17-13(18(9)3)8-19-12-5-4-11(14)6-10(12)7-15-2/h4-6,15H,7-8H2,1-3H3. The van der Waals surface area contributed by atoms with E-state index in [1.54, 1.807) is 13.1 Å². The van der Waals surface area contributed by atoms with Gasteiger partial charge in [-0.15, -0.1) is 10.2 Å². The zero-order chi connectivity index (χ0) is 13.8. The lowest BCUT2D eigenvalue weighted by atomic mass is 10.2. The van der Waals surface area contributed by atoms with Crippen LogP contribution in [0.1, 0.15) is 17.2 Å². The Morgan fingerprint density at radius 2 is 2.16 bits per heavy atom. The summed E-state index contributed by atoms with van der Waals surface area (Å²) in [7, 11) is 3.69. The van der Waals surface area contributed by atoms with Crippen LogP contribution in [0.25, 0.3) is 0 Å². The first-order valence-electron chi connectivity index (χ1n) is 6.02. The molecular formula is C13H17FN4O. The monoisotopic (exact) mass is 264 g/mol. The summed E-state index contributed by atoms with van der Waals surface area (Å²) in [5, 5.41) is 11.0. The molecule has 0 bridgehead atoms. The Morgan fingerprint density at radius 3 is 2.79 bits per heavy atom. The Morgan fingerprint density at radius 1 is 1.37 bits per heavy atom. The zero-order valence-electron chi connectivity index (χ0n) is 11.3. The van der Waals surface area contributed by atoms with Crippen molar-refractivity contribution in [2.75, 3.05) is 7.05 Å². The fraction of sp³-hybridized carbons (Fsp3) is 0.385. The molecule has 0 saturated carbocycles. The SMILES string of the molecule is CNCc1cc(F)ccc1OCc1nnc(C)n1C. The number of hydrogen-bond acceptors (Lipinski definition) is 4. The topological polar surface area (TPSA) is 52.0 Å². The zero-order valence-corrected chi connectivity index (χ0v) is 11.3. The Bertz CT molecular complexity index is 568. The van der Waals surface area contributed by atoms with Gasteiger partial charge in [0, 0.05) is 19.2 Å². The molecule has 0 aliphatic rings. The molecule has 0 atom stereocenters. The molecule has 2 rings (SSSR count). The van der Waals surface area contributed by atoms with E-state index in [-0.39, 0.29) is 5.82 Å². The maximum atomic E-state index is 13.2. The molecule has 1 heterocycles. The van der Waals surface area contributed by atoms with Crippen LogP contribution in [0.5, 0.6) is 5.75 Å². The van der Waals surface area contributed by atoms with E-state index >= 15 is 0 Å². The predicted octanol–water partition coefficient (Wildman–Crippen LogP) is 1.56. The number of halogens is 1. The second-order valence-electron chi connectivity index (χ2n) is 4.29. The molecule has 0 amide bonds. The molecule has 0 aliphatic carbocycles. The van der Waals surface area contributed by atoms with Crippen molar-refractivity contribution >= 4 is 0 Å². The fourth-order valence-corrected chi connectivity index (χ4v) is 1.74. The molecule has 2 aromatic rings. The molecule has 6 heteroatoms. The van der Waals surface area contributed by atoms with Crippen molar-refractivity contribution in [1.29, 1.82) is 0 Å². The molecular weight excluding hydrogens is 247 g/mol. The van der Waals surface area contributed by atoms with Gasteiger partial charge in [0.2, 0.25) is 0 Å². The van der Waals surface area contributed by atoms with Gasteiger partial charge in [0.1, 0.15) is 24.0 Å². The molecule has 1 aromatic carbocycles. The number of nitrogens with one attached hydrogen (secondary N) is 1. The first kappa shape index (κ1) is 13.5. The molecule has 0 radical (unpaired) electrons. The predicted molar refractivity (Wildman–Crippen MR) is 69.2 cm³/mol. The maximum Gasteiger partial charge on any atom is 0.170 e. The lowest BCUT2D eigenvalue weighted by molar-refractivity contribution is 0.287. The van der Waals surface area contributed by atoms with Gasteiger partial charge in [0.25, 0.3) is 0 Å². The number of aromatic nitrogens is 3. The average Bonchev–Trinajstić information content (AvgIpc) is 2.70. The summed E-state index contributed by atoms with van der Waals surface area (Å²) in [6, 6.07) is 4.48. The van der Waals surface area contributed by atoms with Gasteiger partial charge in [-0.25, -0.2) is 4.39 Å². The van der Waals surface area contributed by atoms with Crippen LogP contribution < -0.4 is 10.1 Å². The van der Waals surface area contributed by atoms with Crippen LogP contribution in [0.3, 0.4) is 0 Å². The van der Waals surface area contributed by atoms with Gasteiger partial charge >= 0.3 is 0 Å². The Hall–Kier alpha value is -1.95. The lowest BCUT2D eigenvalue weighted by Gasteiger charge is -2.11. The minimum absolute atomic E-state index is 0.271. The summed E-state index contributed by atoms with van der Waals surface area (Å²) in [6.07, 6.45) is 0. The van der Waals surface area contributed by atoms with Gasteiger partial charge in [-0.1, -0.05) is 0 Å². The Labute approximate surface area is 111 Å². The van der Waals surface area contributed by atoms with Crippen molar-refractivity contribution < 1.29 is 9.13 Å². The highest BCUT2D eigenvalue weighted by Crippen LogP contribution is 2.20. The highest BCUT2D eigenvalue weighted by Gasteiger charge is 2.09. The third kappa shape index (κ3) is 3.08. The summed E-state index contributed by atoms with van der Waals surface area (Å²) in [5.74, 6) is 1.94. The third-order valence-electron chi connectivity index (χ3n) is 2.93. The van der Waals surface area contributed by atoms with Crippen LogP contribution in [-0.4, -0.2) is 21.8 Å². The summed E-state index contributed by atoms with van der Waals surface area (Å²) in [4.78, 5) is 0. The highest BCUT2D eigenvalue weighted by molar-refractivity contribution is 5.34. The largest absolute Gasteiger partial charge is 0.485 e. The molecule has 19 heavy (non-hydrogen) atoms. The second kappa shape index (κ2) is 5.79. The van der Waals surface area contributed by atoms with Crippen molar-refractivity contribution in [2.45, 2.75) is 20.1 Å². The number of ether oxygens (including phenoxy) is 1. The van der Waals surface area contributed by atoms with Crippen LogP contribution in [0.2, 0.25) is 0 Å². The molecule has 0 spiro atoms. The molecule has 5 nitrogen and oxygen atoms in total. The van der Waals surface area contributed by atoms with E-state index in [1.807, 2.05) is 18.5 Å². The van der Waals surface area contributed by atoms with E-state index in [0.29, 0.717) is 18.9 Å². The van der Waals surface area contributed by atoms with E-state index in [0.717, 1.165) is 17.2 Å². The van der Waals surface area contributed by atoms with E-state index in [2.05, 4.69) is 15.5 Å². The van der Waals surface area contributed by atoms with E-state index in [4.69, 9.17) is 4.74 Å².